The zero-order valence-electron chi connectivity index (χ0n) is 12.9. The molecule has 2 aliphatic heterocycles. The Kier molecular flexibility index (Phi) is 3.35. The van der Waals surface area contributed by atoms with Gasteiger partial charge in [-0.05, 0) is 36.2 Å². The van der Waals surface area contributed by atoms with Gasteiger partial charge < -0.3 is 10.2 Å². The zero-order valence-corrected chi connectivity index (χ0v) is 12.9. The van der Waals surface area contributed by atoms with Crippen molar-refractivity contribution in [2.75, 3.05) is 5.32 Å². The van der Waals surface area contributed by atoms with Crippen molar-refractivity contribution in [3.8, 4) is 0 Å². The van der Waals surface area contributed by atoms with Crippen molar-refractivity contribution in [1.29, 1.82) is 0 Å². The fraction of sp³-hybridized carbons (Fsp3) is 0.111. The SMILES string of the molecule is O=C1CCc2c(cccc2C(=O)ON2C(=O)c3ccccc3C2=O)N1. The summed E-state index contributed by atoms with van der Waals surface area (Å²) in [4.78, 5) is 53.6. The molecule has 1 N–H and O–H groups in total. The smallest absolute Gasteiger partial charge is 0.326 e. The molecule has 0 saturated carbocycles. The van der Waals surface area contributed by atoms with Gasteiger partial charge >= 0.3 is 5.97 Å². The fourth-order valence-corrected chi connectivity index (χ4v) is 3.00. The van der Waals surface area contributed by atoms with E-state index in [0.717, 1.165) is 0 Å². The highest BCUT2D eigenvalue weighted by Gasteiger charge is 2.39. The van der Waals surface area contributed by atoms with Crippen LogP contribution in [0.15, 0.2) is 42.5 Å². The quantitative estimate of drug-likeness (QED) is 0.846. The van der Waals surface area contributed by atoms with Gasteiger partial charge in [0.05, 0.1) is 16.7 Å². The van der Waals surface area contributed by atoms with Crippen LogP contribution in [-0.4, -0.2) is 28.8 Å². The minimum absolute atomic E-state index is 0.127. The van der Waals surface area contributed by atoms with Crippen molar-refractivity contribution in [3.63, 3.8) is 0 Å². The number of hydrogen-bond acceptors (Lipinski definition) is 5. The number of nitrogens with zero attached hydrogens (tertiary/aromatic N) is 1. The third kappa shape index (κ3) is 2.37. The first-order valence-electron chi connectivity index (χ1n) is 7.68. The summed E-state index contributed by atoms with van der Waals surface area (Å²) in [6.45, 7) is 0. The number of carbonyl (C=O) groups excluding carboxylic acids is 4. The number of anilines is 1. The summed E-state index contributed by atoms with van der Waals surface area (Å²) in [5.74, 6) is -2.29. The molecule has 2 heterocycles. The van der Waals surface area contributed by atoms with E-state index >= 15 is 0 Å². The van der Waals surface area contributed by atoms with Crippen molar-refractivity contribution in [3.05, 3.63) is 64.7 Å². The highest BCUT2D eigenvalue weighted by molar-refractivity contribution is 6.21. The summed E-state index contributed by atoms with van der Waals surface area (Å²) in [6, 6.07) is 11.1. The fourth-order valence-electron chi connectivity index (χ4n) is 3.00. The number of imide groups is 1. The van der Waals surface area contributed by atoms with Crippen molar-refractivity contribution >= 4 is 29.4 Å². The first-order chi connectivity index (χ1) is 12.1. The summed E-state index contributed by atoms with van der Waals surface area (Å²) >= 11 is 0. The van der Waals surface area contributed by atoms with Crippen LogP contribution < -0.4 is 5.32 Å². The van der Waals surface area contributed by atoms with E-state index in [2.05, 4.69) is 5.32 Å². The standard InChI is InChI=1S/C18H12N2O5/c21-15-9-8-10-13(6-3-7-14(10)19-15)18(24)25-20-16(22)11-4-1-2-5-12(11)17(20)23/h1-7H,8-9H2,(H,19,21). The van der Waals surface area contributed by atoms with E-state index in [9.17, 15) is 19.2 Å². The molecule has 3 amide bonds. The number of carbonyl (C=O) groups is 4. The lowest BCUT2D eigenvalue weighted by Crippen LogP contribution is -2.33. The molecule has 7 nitrogen and oxygen atoms in total. The molecule has 0 spiro atoms. The van der Waals surface area contributed by atoms with E-state index in [1.165, 1.54) is 18.2 Å². The lowest BCUT2D eigenvalue weighted by Gasteiger charge is -2.20. The second-order valence-corrected chi connectivity index (χ2v) is 5.71. The van der Waals surface area contributed by atoms with Gasteiger partial charge in [0.15, 0.2) is 0 Å². The Hall–Kier alpha value is -3.48. The van der Waals surface area contributed by atoms with Gasteiger partial charge in [-0.2, -0.15) is 0 Å². The van der Waals surface area contributed by atoms with Crippen LogP contribution in [0.4, 0.5) is 5.69 Å². The van der Waals surface area contributed by atoms with Crippen LogP contribution in [0, 0.1) is 0 Å². The van der Waals surface area contributed by atoms with Gasteiger partial charge in [-0.1, -0.05) is 23.3 Å². The molecule has 7 heteroatoms. The zero-order chi connectivity index (χ0) is 17.6. The van der Waals surface area contributed by atoms with Crippen LogP contribution in [0.1, 0.15) is 43.1 Å². The van der Waals surface area contributed by atoms with Gasteiger partial charge in [0, 0.05) is 12.1 Å². The van der Waals surface area contributed by atoms with E-state index in [1.807, 2.05) is 0 Å². The maximum atomic E-state index is 12.5. The molecular weight excluding hydrogens is 324 g/mol. The molecule has 2 aromatic rings. The van der Waals surface area contributed by atoms with Crippen LogP contribution in [-0.2, 0) is 16.1 Å². The van der Waals surface area contributed by atoms with Crippen LogP contribution in [0.5, 0.6) is 0 Å². The minimum atomic E-state index is -0.817. The second-order valence-electron chi connectivity index (χ2n) is 5.71. The Morgan fingerprint density at radius 1 is 0.920 bits per heavy atom. The number of benzene rings is 2. The molecule has 0 fully saturated rings. The molecule has 2 aliphatic rings. The lowest BCUT2D eigenvalue weighted by atomic mass is 9.97. The molecule has 0 bridgehead atoms. The first kappa shape index (κ1) is 15.1. The molecule has 0 aliphatic carbocycles. The summed E-state index contributed by atoms with van der Waals surface area (Å²) in [5, 5.41) is 3.17. The number of hydroxylamine groups is 2. The van der Waals surface area contributed by atoms with Crippen LogP contribution in [0.2, 0.25) is 0 Å². The molecule has 124 valence electrons. The van der Waals surface area contributed by atoms with Crippen LogP contribution in [0.25, 0.3) is 0 Å². The maximum Gasteiger partial charge on any atom is 0.364 e. The Bertz CT molecular complexity index is 915. The minimum Gasteiger partial charge on any atom is -0.326 e. The third-order valence-electron chi connectivity index (χ3n) is 4.20. The van der Waals surface area contributed by atoms with Gasteiger partial charge in [0.25, 0.3) is 11.8 Å². The van der Waals surface area contributed by atoms with Crippen LogP contribution >= 0.6 is 0 Å². The predicted octanol–water partition coefficient (Wildman–Crippen LogP) is 1.94. The molecule has 0 atom stereocenters. The third-order valence-corrected chi connectivity index (χ3v) is 4.20. The van der Waals surface area contributed by atoms with E-state index in [1.54, 1.807) is 24.3 Å². The predicted molar refractivity (Wildman–Crippen MR) is 85.8 cm³/mol. The Morgan fingerprint density at radius 2 is 1.60 bits per heavy atom. The molecule has 2 aromatic carbocycles. The number of nitrogens with one attached hydrogen (secondary N) is 1. The lowest BCUT2D eigenvalue weighted by molar-refractivity contribution is -0.116. The monoisotopic (exact) mass is 336 g/mol. The van der Waals surface area contributed by atoms with Crippen molar-refractivity contribution < 1.29 is 24.0 Å². The summed E-state index contributed by atoms with van der Waals surface area (Å²) < 4.78 is 0. The molecule has 4 rings (SSSR count). The van der Waals surface area contributed by atoms with Gasteiger partial charge in [-0.25, -0.2) is 4.79 Å². The topological polar surface area (TPSA) is 92.8 Å². The van der Waals surface area contributed by atoms with Crippen LogP contribution in [0.3, 0.4) is 0 Å². The highest BCUT2D eigenvalue weighted by Crippen LogP contribution is 2.28. The average Bonchev–Trinajstić information content (AvgIpc) is 2.86. The summed E-state index contributed by atoms with van der Waals surface area (Å²) in [6.07, 6.45) is 0.638. The van der Waals surface area contributed by atoms with Crippen molar-refractivity contribution in [1.82, 2.24) is 5.06 Å². The maximum absolute atomic E-state index is 12.5. The van der Waals surface area contributed by atoms with Gasteiger partial charge in [0.1, 0.15) is 0 Å². The highest BCUT2D eigenvalue weighted by atomic mass is 16.7. The van der Waals surface area contributed by atoms with Gasteiger partial charge in [0.2, 0.25) is 5.91 Å². The number of fused-ring (bicyclic) bond motifs is 2. The largest absolute Gasteiger partial charge is 0.364 e. The number of amides is 3. The molecule has 25 heavy (non-hydrogen) atoms. The molecule has 0 aromatic heterocycles. The normalized spacial score (nSPS) is 15.5. The average molecular weight is 336 g/mol. The Morgan fingerprint density at radius 3 is 2.28 bits per heavy atom. The summed E-state index contributed by atoms with van der Waals surface area (Å²) in [5.41, 5.74) is 1.77. The van der Waals surface area contributed by atoms with E-state index < -0.39 is 17.8 Å². The molecule has 0 radical (unpaired) electrons. The first-order valence-corrected chi connectivity index (χ1v) is 7.68. The van der Waals surface area contributed by atoms with E-state index in [-0.39, 0.29) is 29.0 Å². The van der Waals surface area contributed by atoms with Gasteiger partial charge in [-0.15, -0.1) is 0 Å². The van der Waals surface area contributed by atoms with Gasteiger partial charge in [-0.3, -0.25) is 14.4 Å². The second kappa shape index (κ2) is 5.55. The van der Waals surface area contributed by atoms with E-state index in [4.69, 9.17) is 4.84 Å². The molecule has 0 unspecified atom stereocenters. The van der Waals surface area contributed by atoms with Crippen molar-refractivity contribution in [2.24, 2.45) is 0 Å². The van der Waals surface area contributed by atoms with E-state index in [0.29, 0.717) is 22.7 Å². The molecule has 0 saturated heterocycles. The number of rotatable bonds is 2. The Labute approximate surface area is 142 Å². The van der Waals surface area contributed by atoms with Crippen molar-refractivity contribution in [2.45, 2.75) is 12.8 Å². The molecular formula is C18H12N2O5. The Balaban J connectivity index is 1.62. The summed E-state index contributed by atoms with van der Waals surface area (Å²) in [7, 11) is 0. The number of hydrogen-bond donors (Lipinski definition) is 1.